The standard InChI is InChI=1S/C17H18N2O3S/c20-17(16-9-5-2-6-10-16)18-12-13-19-23(21,22)14-11-15-7-3-1-4-8-15/h1-11,14,19H,12-13H2,(H,18,20)/b14-11+. The van der Waals surface area contributed by atoms with E-state index >= 15 is 0 Å². The highest BCUT2D eigenvalue weighted by Gasteiger charge is 2.06. The number of sulfonamides is 1. The third-order valence-electron chi connectivity index (χ3n) is 2.99. The highest BCUT2D eigenvalue weighted by atomic mass is 32.2. The second-order valence-electron chi connectivity index (χ2n) is 4.77. The topological polar surface area (TPSA) is 75.3 Å². The summed E-state index contributed by atoms with van der Waals surface area (Å²) >= 11 is 0. The first-order valence-corrected chi connectivity index (χ1v) is 8.67. The monoisotopic (exact) mass is 330 g/mol. The Morgan fingerprint density at radius 1 is 0.913 bits per heavy atom. The summed E-state index contributed by atoms with van der Waals surface area (Å²) in [7, 11) is -3.52. The highest BCUT2D eigenvalue weighted by Crippen LogP contribution is 2.02. The van der Waals surface area contributed by atoms with E-state index in [1.807, 2.05) is 36.4 Å². The predicted octanol–water partition coefficient (Wildman–Crippen LogP) is 2.01. The first-order chi connectivity index (χ1) is 11.1. The fourth-order valence-electron chi connectivity index (χ4n) is 1.84. The van der Waals surface area contributed by atoms with E-state index < -0.39 is 10.0 Å². The van der Waals surface area contributed by atoms with E-state index in [1.165, 1.54) is 6.08 Å². The fourth-order valence-corrected chi connectivity index (χ4v) is 2.66. The lowest BCUT2D eigenvalue weighted by Gasteiger charge is -2.06. The third-order valence-corrected chi connectivity index (χ3v) is 4.09. The van der Waals surface area contributed by atoms with Gasteiger partial charge < -0.3 is 5.32 Å². The minimum absolute atomic E-state index is 0.125. The predicted molar refractivity (Wildman–Crippen MR) is 91.2 cm³/mol. The molecule has 120 valence electrons. The van der Waals surface area contributed by atoms with Crippen LogP contribution < -0.4 is 10.0 Å². The number of hydrogen-bond acceptors (Lipinski definition) is 3. The summed E-state index contributed by atoms with van der Waals surface area (Å²) in [5.41, 5.74) is 1.34. The molecule has 1 amide bonds. The van der Waals surface area contributed by atoms with E-state index in [9.17, 15) is 13.2 Å². The molecular formula is C17H18N2O3S. The van der Waals surface area contributed by atoms with Crippen LogP contribution in [0.15, 0.2) is 66.1 Å². The van der Waals surface area contributed by atoms with E-state index in [0.717, 1.165) is 11.0 Å². The van der Waals surface area contributed by atoms with E-state index in [1.54, 1.807) is 24.3 Å². The number of benzene rings is 2. The molecule has 0 aliphatic heterocycles. The Labute approximate surface area is 136 Å². The number of carbonyl (C=O) groups excluding carboxylic acids is 1. The maximum atomic E-state index is 11.8. The average molecular weight is 330 g/mol. The minimum atomic E-state index is -3.52. The van der Waals surface area contributed by atoms with Gasteiger partial charge in [0.15, 0.2) is 0 Å². The Morgan fingerprint density at radius 2 is 1.52 bits per heavy atom. The van der Waals surface area contributed by atoms with Crippen LogP contribution in [-0.2, 0) is 10.0 Å². The molecule has 0 saturated carbocycles. The van der Waals surface area contributed by atoms with Gasteiger partial charge in [0.25, 0.3) is 5.91 Å². The van der Waals surface area contributed by atoms with Crippen molar-refractivity contribution in [1.29, 1.82) is 0 Å². The molecule has 0 aliphatic rings. The van der Waals surface area contributed by atoms with Crippen molar-refractivity contribution in [3.63, 3.8) is 0 Å². The van der Waals surface area contributed by atoms with E-state index in [-0.39, 0.29) is 19.0 Å². The lowest BCUT2D eigenvalue weighted by atomic mass is 10.2. The van der Waals surface area contributed by atoms with Crippen molar-refractivity contribution in [3.8, 4) is 0 Å². The zero-order valence-electron chi connectivity index (χ0n) is 12.5. The average Bonchev–Trinajstić information content (AvgIpc) is 2.58. The number of nitrogens with one attached hydrogen (secondary N) is 2. The van der Waals surface area contributed by atoms with Crippen LogP contribution in [0.1, 0.15) is 15.9 Å². The number of rotatable bonds is 7. The second-order valence-corrected chi connectivity index (χ2v) is 6.43. The first-order valence-electron chi connectivity index (χ1n) is 7.13. The summed E-state index contributed by atoms with van der Waals surface area (Å²) in [5, 5.41) is 3.77. The van der Waals surface area contributed by atoms with Crippen molar-refractivity contribution in [2.75, 3.05) is 13.1 Å². The van der Waals surface area contributed by atoms with Crippen molar-refractivity contribution >= 4 is 22.0 Å². The molecule has 0 aromatic heterocycles. The molecule has 5 nitrogen and oxygen atoms in total. The van der Waals surface area contributed by atoms with Crippen LogP contribution in [0, 0.1) is 0 Å². The Hall–Kier alpha value is -2.44. The van der Waals surface area contributed by atoms with Crippen molar-refractivity contribution in [1.82, 2.24) is 10.0 Å². The smallest absolute Gasteiger partial charge is 0.251 e. The molecule has 2 aromatic carbocycles. The van der Waals surface area contributed by atoms with Crippen LogP contribution in [-0.4, -0.2) is 27.4 Å². The maximum Gasteiger partial charge on any atom is 0.251 e. The molecule has 23 heavy (non-hydrogen) atoms. The van der Waals surface area contributed by atoms with Crippen LogP contribution in [0.5, 0.6) is 0 Å². The molecule has 0 atom stereocenters. The van der Waals surface area contributed by atoms with Gasteiger partial charge in [0.2, 0.25) is 10.0 Å². The summed E-state index contributed by atoms with van der Waals surface area (Å²) in [6.45, 7) is 0.339. The van der Waals surface area contributed by atoms with Crippen molar-refractivity contribution < 1.29 is 13.2 Å². The Morgan fingerprint density at radius 3 is 2.17 bits per heavy atom. The van der Waals surface area contributed by atoms with Gasteiger partial charge in [-0.25, -0.2) is 13.1 Å². The van der Waals surface area contributed by atoms with Crippen molar-refractivity contribution in [3.05, 3.63) is 77.2 Å². The SMILES string of the molecule is O=C(NCCNS(=O)(=O)/C=C/c1ccccc1)c1ccccc1. The van der Waals surface area contributed by atoms with Crippen LogP contribution in [0.25, 0.3) is 6.08 Å². The van der Waals surface area contributed by atoms with Crippen LogP contribution in [0.3, 0.4) is 0 Å². The largest absolute Gasteiger partial charge is 0.351 e. The minimum Gasteiger partial charge on any atom is -0.351 e. The summed E-state index contributed by atoms with van der Waals surface area (Å²) in [6.07, 6.45) is 1.52. The van der Waals surface area contributed by atoms with Gasteiger partial charge in [-0.15, -0.1) is 0 Å². The number of carbonyl (C=O) groups is 1. The molecule has 2 N–H and O–H groups in total. The molecule has 2 rings (SSSR count). The van der Waals surface area contributed by atoms with E-state index in [0.29, 0.717) is 5.56 Å². The van der Waals surface area contributed by atoms with Gasteiger partial charge in [0, 0.05) is 24.1 Å². The summed E-state index contributed by atoms with van der Waals surface area (Å²) < 4.78 is 26.0. The zero-order chi connectivity index (χ0) is 16.5. The van der Waals surface area contributed by atoms with Gasteiger partial charge >= 0.3 is 0 Å². The van der Waals surface area contributed by atoms with Crippen LogP contribution in [0.4, 0.5) is 0 Å². The maximum absolute atomic E-state index is 11.8. The van der Waals surface area contributed by atoms with Crippen LogP contribution in [0.2, 0.25) is 0 Å². The van der Waals surface area contributed by atoms with Crippen LogP contribution >= 0.6 is 0 Å². The Kier molecular flexibility index (Phi) is 6.08. The molecule has 0 radical (unpaired) electrons. The number of amides is 1. The van der Waals surface area contributed by atoms with Gasteiger partial charge in [0.1, 0.15) is 0 Å². The molecule has 6 heteroatoms. The highest BCUT2D eigenvalue weighted by molar-refractivity contribution is 7.92. The molecule has 0 fully saturated rings. The summed E-state index contributed by atoms with van der Waals surface area (Å²) in [5.74, 6) is -0.232. The number of hydrogen-bond donors (Lipinski definition) is 2. The van der Waals surface area contributed by atoms with Gasteiger partial charge in [-0.1, -0.05) is 48.5 Å². The lowest BCUT2D eigenvalue weighted by molar-refractivity contribution is 0.0954. The molecule has 0 aliphatic carbocycles. The molecule has 0 saturated heterocycles. The first kappa shape index (κ1) is 16.9. The third kappa shape index (κ3) is 6.06. The van der Waals surface area contributed by atoms with Crippen molar-refractivity contribution in [2.24, 2.45) is 0 Å². The molecule has 0 unspecified atom stereocenters. The Balaban J connectivity index is 1.77. The van der Waals surface area contributed by atoms with Gasteiger partial charge in [0.05, 0.1) is 0 Å². The summed E-state index contributed by atoms with van der Waals surface area (Å²) in [4.78, 5) is 11.8. The Bertz CT molecular complexity index is 757. The van der Waals surface area contributed by atoms with E-state index in [2.05, 4.69) is 10.0 Å². The lowest BCUT2D eigenvalue weighted by Crippen LogP contribution is -2.33. The quantitative estimate of drug-likeness (QED) is 0.763. The second kappa shape index (κ2) is 8.26. The van der Waals surface area contributed by atoms with Gasteiger partial charge in [-0.3, -0.25) is 4.79 Å². The normalized spacial score (nSPS) is 11.5. The van der Waals surface area contributed by atoms with E-state index in [4.69, 9.17) is 0 Å². The van der Waals surface area contributed by atoms with Crippen molar-refractivity contribution in [2.45, 2.75) is 0 Å². The fraction of sp³-hybridized carbons (Fsp3) is 0.118. The molecular weight excluding hydrogens is 312 g/mol. The molecule has 2 aromatic rings. The van der Waals surface area contributed by atoms with Gasteiger partial charge in [-0.05, 0) is 23.8 Å². The molecule has 0 bridgehead atoms. The zero-order valence-corrected chi connectivity index (χ0v) is 13.3. The summed E-state index contributed by atoms with van der Waals surface area (Å²) in [6, 6.07) is 17.9. The van der Waals surface area contributed by atoms with Gasteiger partial charge in [-0.2, -0.15) is 0 Å². The molecule has 0 heterocycles. The molecule has 0 spiro atoms.